The molecule has 1 amide bonds. The summed E-state index contributed by atoms with van der Waals surface area (Å²) in [6, 6.07) is 21.1. The molecular weight excluding hydrogens is 454 g/mol. The molecule has 9 heteroatoms. The van der Waals surface area contributed by atoms with Crippen LogP contribution in [0.4, 0.5) is 0 Å². The Kier molecular flexibility index (Phi) is 7.16. The molecule has 0 spiro atoms. The van der Waals surface area contributed by atoms with Crippen LogP contribution < -0.4 is 19.5 Å². The van der Waals surface area contributed by atoms with E-state index in [2.05, 4.69) is 10.0 Å². The smallest absolute Gasteiger partial charge is 0.251 e. The summed E-state index contributed by atoms with van der Waals surface area (Å²) in [6.45, 7) is 0.617. The van der Waals surface area contributed by atoms with E-state index in [4.69, 9.17) is 9.47 Å². The third-order valence-corrected chi connectivity index (χ3v) is 6.97. The largest absolute Gasteiger partial charge is 0.454 e. The predicted octanol–water partition coefficient (Wildman–Crippen LogP) is 2.93. The monoisotopic (exact) mass is 481 g/mol. The van der Waals surface area contributed by atoms with E-state index < -0.39 is 10.0 Å². The maximum Gasteiger partial charge on any atom is 0.251 e. The van der Waals surface area contributed by atoms with Gasteiger partial charge >= 0.3 is 0 Å². The summed E-state index contributed by atoms with van der Waals surface area (Å²) in [5, 5.41) is 2.92. The standard InChI is InChI=1S/C25H27N3O5S/c1-28(2)22(19-7-4-3-5-8-19)16-26-25(29)20-9-6-10-21(14-20)34(30,31)27-15-18-11-12-23-24(13-18)33-17-32-23/h3-14,22,27H,15-17H2,1-2H3,(H,26,29)/t22-/m0/s1. The summed E-state index contributed by atoms with van der Waals surface area (Å²) in [5.74, 6) is 0.881. The minimum Gasteiger partial charge on any atom is -0.454 e. The van der Waals surface area contributed by atoms with Gasteiger partial charge in [0, 0.05) is 18.7 Å². The molecule has 1 aliphatic heterocycles. The van der Waals surface area contributed by atoms with Crippen molar-refractivity contribution in [1.82, 2.24) is 14.9 Å². The number of sulfonamides is 1. The van der Waals surface area contributed by atoms with Crippen molar-refractivity contribution in [3.8, 4) is 11.5 Å². The molecule has 0 fully saturated rings. The van der Waals surface area contributed by atoms with Gasteiger partial charge in [0.25, 0.3) is 5.91 Å². The van der Waals surface area contributed by atoms with Gasteiger partial charge in [-0.15, -0.1) is 0 Å². The first-order chi connectivity index (χ1) is 16.3. The molecule has 1 heterocycles. The summed E-state index contributed by atoms with van der Waals surface area (Å²) in [4.78, 5) is 14.8. The second kappa shape index (κ2) is 10.3. The highest BCUT2D eigenvalue weighted by Crippen LogP contribution is 2.32. The number of carbonyl (C=O) groups is 1. The summed E-state index contributed by atoms with van der Waals surface area (Å²) in [7, 11) is 0.0680. The molecule has 3 aromatic rings. The molecular formula is C25H27N3O5S. The quantitative estimate of drug-likeness (QED) is 0.488. The van der Waals surface area contributed by atoms with Crippen LogP contribution in [0.25, 0.3) is 0 Å². The zero-order valence-electron chi connectivity index (χ0n) is 19.0. The molecule has 3 aromatic carbocycles. The number of hydrogen-bond acceptors (Lipinski definition) is 6. The number of amides is 1. The number of rotatable bonds is 9. The maximum absolute atomic E-state index is 12.8. The van der Waals surface area contributed by atoms with Gasteiger partial charge in [0.2, 0.25) is 16.8 Å². The van der Waals surface area contributed by atoms with Gasteiger partial charge in [-0.3, -0.25) is 4.79 Å². The van der Waals surface area contributed by atoms with Gasteiger partial charge in [-0.05, 0) is 55.6 Å². The Balaban J connectivity index is 1.41. The molecule has 4 rings (SSSR count). The van der Waals surface area contributed by atoms with Crippen LogP contribution in [0.3, 0.4) is 0 Å². The Morgan fingerprint density at radius 2 is 1.74 bits per heavy atom. The van der Waals surface area contributed by atoms with Crippen molar-refractivity contribution in [2.24, 2.45) is 0 Å². The fraction of sp³-hybridized carbons (Fsp3) is 0.240. The molecule has 2 N–H and O–H groups in total. The van der Waals surface area contributed by atoms with Crippen LogP contribution in [0.2, 0.25) is 0 Å². The number of likely N-dealkylation sites (N-methyl/N-ethyl adjacent to an activating group) is 1. The van der Waals surface area contributed by atoms with E-state index in [0.29, 0.717) is 18.0 Å². The number of hydrogen-bond donors (Lipinski definition) is 2. The lowest BCUT2D eigenvalue weighted by atomic mass is 10.1. The molecule has 0 aliphatic carbocycles. The second-order valence-electron chi connectivity index (χ2n) is 8.14. The normalized spacial score (nSPS) is 13.6. The van der Waals surface area contributed by atoms with Crippen LogP contribution in [0.1, 0.15) is 27.5 Å². The first-order valence-electron chi connectivity index (χ1n) is 10.8. The van der Waals surface area contributed by atoms with E-state index in [1.165, 1.54) is 12.1 Å². The molecule has 0 aromatic heterocycles. The van der Waals surface area contributed by atoms with Gasteiger partial charge < -0.3 is 19.7 Å². The predicted molar refractivity (Wildman–Crippen MR) is 128 cm³/mol. The van der Waals surface area contributed by atoms with Crippen molar-refractivity contribution < 1.29 is 22.7 Å². The number of fused-ring (bicyclic) bond motifs is 1. The highest BCUT2D eigenvalue weighted by atomic mass is 32.2. The molecule has 1 aliphatic rings. The summed E-state index contributed by atoms with van der Waals surface area (Å²) < 4.78 is 38.9. The van der Waals surface area contributed by atoms with Gasteiger partial charge in [-0.1, -0.05) is 42.5 Å². The fourth-order valence-corrected chi connectivity index (χ4v) is 4.75. The van der Waals surface area contributed by atoms with Crippen molar-refractivity contribution in [3.63, 3.8) is 0 Å². The first-order valence-corrected chi connectivity index (χ1v) is 12.3. The van der Waals surface area contributed by atoms with E-state index in [0.717, 1.165) is 11.1 Å². The number of ether oxygens (including phenoxy) is 2. The highest BCUT2D eigenvalue weighted by Gasteiger charge is 2.19. The Morgan fingerprint density at radius 1 is 0.971 bits per heavy atom. The van der Waals surface area contributed by atoms with Crippen molar-refractivity contribution in [1.29, 1.82) is 0 Å². The van der Waals surface area contributed by atoms with Gasteiger partial charge in [0.05, 0.1) is 10.9 Å². The van der Waals surface area contributed by atoms with Crippen LogP contribution in [0.15, 0.2) is 77.7 Å². The van der Waals surface area contributed by atoms with Crippen LogP contribution in [0, 0.1) is 0 Å². The topological polar surface area (TPSA) is 97.0 Å². The van der Waals surface area contributed by atoms with Gasteiger partial charge in [-0.2, -0.15) is 0 Å². The van der Waals surface area contributed by atoms with Crippen molar-refractivity contribution in [2.45, 2.75) is 17.5 Å². The molecule has 0 radical (unpaired) electrons. The van der Waals surface area contributed by atoms with E-state index in [-0.39, 0.29) is 35.7 Å². The van der Waals surface area contributed by atoms with Crippen molar-refractivity contribution in [3.05, 3.63) is 89.5 Å². The molecule has 0 unspecified atom stereocenters. The number of nitrogens with zero attached hydrogens (tertiary/aromatic N) is 1. The lowest BCUT2D eigenvalue weighted by Crippen LogP contribution is -2.34. The van der Waals surface area contributed by atoms with E-state index in [9.17, 15) is 13.2 Å². The average molecular weight is 482 g/mol. The molecule has 0 bridgehead atoms. The van der Waals surface area contributed by atoms with Gasteiger partial charge in [0.15, 0.2) is 11.5 Å². The first kappa shape index (κ1) is 23.7. The van der Waals surface area contributed by atoms with Crippen LogP contribution in [0.5, 0.6) is 11.5 Å². The number of nitrogens with one attached hydrogen (secondary N) is 2. The molecule has 0 saturated heterocycles. The third kappa shape index (κ3) is 5.56. The summed E-state index contributed by atoms with van der Waals surface area (Å²) >= 11 is 0. The molecule has 34 heavy (non-hydrogen) atoms. The van der Waals surface area contributed by atoms with Crippen molar-refractivity contribution in [2.75, 3.05) is 27.4 Å². The van der Waals surface area contributed by atoms with E-state index in [1.807, 2.05) is 49.3 Å². The van der Waals surface area contributed by atoms with Crippen LogP contribution in [-0.4, -0.2) is 46.7 Å². The zero-order chi connectivity index (χ0) is 24.1. The Morgan fingerprint density at radius 3 is 2.50 bits per heavy atom. The third-order valence-electron chi connectivity index (χ3n) is 5.57. The van der Waals surface area contributed by atoms with Crippen molar-refractivity contribution >= 4 is 15.9 Å². The Bertz CT molecular complexity index is 1260. The minimum atomic E-state index is -3.83. The molecule has 8 nitrogen and oxygen atoms in total. The van der Waals surface area contributed by atoms with Crippen LogP contribution >= 0.6 is 0 Å². The fourth-order valence-electron chi connectivity index (χ4n) is 3.68. The Hall–Kier alpha value is -3.40. The summed E-state index contributed by atoms with van der Waals surface area (Å²) in [6.07, 6.45) is 0. The lowest BCUT2D eigenvalue weighted by molar-refractivity contribution is 0.0941. The maximum atomic E-state index is 12.8. The van der Waals surface area contributed by atoms with E-state index in [1.54, 1.807) is 30.3 Å². The lowest BCUT2D eigenvalue weighted by Gasteiger charge is -2.25. The number of carbonyl (C=O) groups excluding carboxylic acids is 1. The number of benzene rings is 3. The van der Waals surface area contributed by atoms with Gasteiger partial charge in [0.1, 0.15) is 0 Å². The Labute approximate surface area is 199 Å². The van der Waals surface area contributed by atoms with Gasteiger partial charge in [-0.25, -0.2) is 13.1 Å². The molecule has 178 valence electrons. The molecule has 0 saturated carbocycles. The minimum absolute atomic E-state index is 0.0135. The summed E-state index contributed by atoms with van der Waals surface area (Å²) in [5.41, 5.74) is 2.09. The van der Waals surface area contributed by atoms with Crippen LogP contribution in [-0.2, 0) is 16.6 Å². The SMILES string of the molecule is CN(C)[C@@H](CNC(=O)c1cccc(S(=O)(=O)NCc2ccc3c(c2)OCO3)c1)c1ccccc1. The van der Waals surface area contributed by atoms with E-state index >= 15 is 0 Å². The second-order valence-corrected chi connectivity index (χ2v) is 9.91. The average Bonchev–Trinajstić information content (AvgIpc) is 3.31. The zero-order valence-corrected chi connectivity index (χ0v) is 19.8. The molecule has 1 atom stereocenters. The highest BCUT2D eigenvalue weighted by molar-refractivity contribution is 7.89.